The molecule has 96 valence electrons. The number of hydrogen-bond donors (Lipinski definition) is 2. The lowest BCUT2D eigenvalue weighted by Crippen LogP contribution is -2.12. The van der Waals surface area contributed by atoms with Gasteiger partial charge in [0.05, 0.1) is 11.2 Å². The third-order valence-electron chi connectivity index (χ3n) is 3.43. The van der Waals surface area contributed by atoms with Crippen LogP contribution >= 0.6 is 15.9 Å². The number of pyridine rings is 1. The smallest absolute Gasteiger partial charge is 0.0732 e. The Labute approximate surface area is 116 Å². The van der Waals surface area contributed by atoms with Crippen molar-refractivity contribution >= 4 is 32.5 Å². The van der Waals surface area contributed by atoms with Gasteiger partial charge in [-0.05, 0) is 49.9 Å². The molecule has 0 fully saturated rings. The maximum atomic E-state index is 5.73. The van der Waals surface area contributed by atoms with E-state index in [2.05, 4.69) is 48.2 Å². The number of aryl methyl sites for hydroxylation is 3. The molecular weight excluding hydrogens is 290 g/mol. The highest BCUT2D eigenvalue weighted by Crippen LogP contribution is 2.35. The van der Waals surface area contributed by atoms with E-state index in [0.717, 1.165) is 33.2 Å². The molecule has 0 atom stereocenters. The fourth-order valence-corrected chi connectivity index (χ4v) is 2.83. The van der Waals surface area contributed by atoms with E-state index in [1.54, 1.807) is 0 Å². The Kier molecular flexibility index (Phi) is 3.59. The number of halogens is 1. The molecule has 4 heteroatoms. The normalized spacial score (nSPS) is 11.0. The van der Waals surface area contributed by atoms with E-state index < -0.39 is 0 Å². The van der Waals surface area contributed by atoms with Crippen LogP contribution in [-0.4, -0.2) is 4.98 Å². The zero-order valence-corrected chi connectivity index (χ0v) is 12.8. The van der Waals surface area contributed by atoms with Crippen LogP contribution in [0.3, 0.4) is 0 Å². The van der Waals surface area contributed by atoms with Crippen molar-refractivity contribution in [3.05, 3.63) is 32.9 Å². The van der Waals surface area contributed by atoms with Crippen molar-refractivity contribution in [1.82, 2.24) is 4.98 Å². The number of hydrazine groups is 1. The quantitative estimate of drug-likeness (QED) is 0.656. The molecule has 1 aromatic heterocycles. The molecule has 1 heterocycles. The van der Waals surface area contributed by atoms with Gasteiger partial charge < -0.3 is 5.43 Å². The first kappa shape index (κ1) is 13.3. The van der Waals surface area contributed by atoms with Crippen LogP contribution in [0.1, 0.15) is 29.3 Å². The Morgan fingerprint density at radius 2 is 2.00 bits per heavy atom. The fraction of sp³-hybridized carbons (Fsp3) is 0.357. The molecule has 3 nitrogen and oxygen atoms in total. The van der Waals surface area contributed by atoms with Crippen LogP contribution in [-0.2, 0) is 6.42 Å². The van der Waals surface area contributed by atoms with Gasteiger partial charge in [0, 0.05) is 15.6 Å². The van der Waals surface area contributed by atoms with Crippen molar-refractivity contribution in [2.75, 3.05) is 5.43 Å². The van der Waals surface area contributed by atoms with Gasteiger partial charge in [-0.15, -0.1) is 0 Å². The minimum atomic E-state index is 0.916. The zero-order chi connectivity index (χ0) is 13.4. The van der Waals surface area contributed by atoms with Gasteiger partial charge in [-0.25, -0.2) is 0 Å². The first-order valence-electron chi connectivity index (χ1n) is 6.06. The zero-order valence-electron chi connectivity index (χ0n) is 11.2. The van der Waals surface area contributed by atoms with E-state index in [0.29, 0.717) is 0 Å². The maximum Gasteiger partial charge on any atom is 0.0732 e. The number of rotatable bonds is 2. The van der Waals surface area contributed by atoms with Crippen LogP contribution in [0.25, 0.3) is 10.9 Å². The van der Waals surface area contributed by atoms with Gasteiger partial charge in [0.1, 0.15) is 0 Å². The molecule has 18 heavy (non-hydrogen) atoms. The molecule has 0 saturated carbocycles. The Bertz CT molecular complexity index is 620. The number of nitrogen functional groups attached to an aromatic ring is 1. The summed E-state index contributed by atoms with van der Waals surface area (Å²) in [4.78, 5) is 4.70. The summed E-state index contributed by atoms with van der Waals surface area (Å²) in [6.07, 6.45) is 0.916. The first-order chi connectivity index (χ1) is 8.51. The van der Waals surface area contributed by atoms with Crippen molar-refractivity contribution < 1.29 is 0 Å². The molecule has 0 bridgehead atoms. The number of aromatic nitrogens is 1. The van der Waals surface area contributed by atoms with E-state index >= 15 is 0 Å². The second-order valence-electron chi connectivity index (χ2n) is 4.58. The van der Waals surface area contributed by atoms with E-state index in [4.69, 9.17) is 10.8 Å². The largest absolute Gasteiger partial charge is 0.323 e. The Balaban J connectivity index is 2.99. The summed E-state index contributed by atoms with van der Waals surface area (Å²) in [5, 5.41) is 1.11. The Morgan fingerprint density at radius 3 is 2.56 bits per heavy atom. The summed E-state index contributed by atoms with van der Waals surface area (Å²) in [6, 6.07) is 2.10. The Hall–Kier alpha value is -1.13. The van der Waals surface area contributed by atoms with Crippen molar-refractivity contribution in [3.63, 3.8) is 0 Å². The molecule has 3 N–H and O–H groups in total. The Morgan fingerprint density at radius 1 is 1.33 bits per heavy atom. The monoisotopic (exact) mass is 307 g/mol. The van der Waals surface area contributed by atoms with E-state index in [1.165, 1.54) is 16.7 Å². The van der Waals surface area contributed by atoms with Crippen molar-refractivity contribution in [3.8, 4) is 0 Å². The highest BCUT2D eigenvalue weighted by atomic mass is 79.9. The topological polar surface area (TPSA) is 50.9 Å². The lowest BCUT2D eigenvalue weighted by Gasteiger charge is -2.17. The van der Waals surface area contributed by atoms with Crippen molar-refractivity contribution in [2.24, 2.45) is 5.84 Å². The molecule has 0 amide bonds. The predicted octanol–water partition coefficient (Wildman–Crippen LogP) is 3.77. The van der Waals surface area contributed by atoms with Crippen LogP contribution in [0.15, 0.2) is 10.5 Å². The minimum absolute atomic E-state index is 0.916. The summed E-state index contributed by atoms with van der Waals surface area (Å²) in [6.45, 7) is 8.33. The van der Waals surface area contributed by atoms with Crippen molar-refractivity contribution in [2.45, 2.75) is 34.1 Å². The lowest BCUT2D eigenvalue weighted by molar-refractivity contribution is 1.06. The van der Waals surface area contributed by atoms with Crippen LogP contribution < -0.4 is 11.3 Å². The number of nitrogens with zero attached hydrogens (tertiary/aromatic N) is 1. The van der Waals surface area contributed by atoms with Gasteiger partial charge in [-0.1, -0.05) is 22.9 Å². The lowest BCUT2D eigenvalue weighted by atomic mass is 9.99. The molecule has 2 rings (SSSR count). The molecule has 1 aromatic carbocycles. The van der Waals surface area contributed by atoms with Gasteiger partial charge in [-0.2, -0.15) is 0 Å². The molecule has 0 radical (unpaired) electrons. The van der Waals surface area contributed by atoms with Crippen molar-refractivity contribution in [1.29, 1.82) is 0 Å². The minimum Gasteiger partial charge on any atom is -0.323 e. The summed E-state index contributed by atoms with van der Waals surface area (Å²) in [5.41, 5.74) is 9.45. The number of benzene rings is 1. The van der Waals surface area contributed by atoms with Gasteiger partial charge >= 0.3 is 0 Å². The first-order valence-corrected chi connectivity index (χ1v) is 6.86. The summed E-state index contributed by atoms with van der Waals surface area (Å²) >= 11 is 3.63. The summed E-state index contributed by atoms with van der Waals surface area (Å²) in [7, 11) is 0. The van der Waals surface area contributed by atoms with Gasteiger partial charge in [0.25, 0.3) is 0 Å². The second-order valence-corrected chi connectivity index (χ2v) is 5.37. The summed E-state index contributed by atoms with van der Waals surface area (Å²) in [5.74, 6) is 5.73. The second kappa shape index (κ2) is 4.86. The van der Waals surface area contributed by atoms with E-state index in [9.17, 15) is 0 Å². The predicted molar refractivity (Wildman–Crippen MR) is 80.8 cm³/mol. The average molecular weight is 308 g/mol. The molecule has 0 spiro atoms. The van der Waals surface area contributed by atoms with Gasteiger partial charge in [-0.3, -0.25) is 10.8 Å². The molecule has 0 aliphatic heterocycles. The fourth-order valence-electron chi connectivity index (χ4n) is 2.51. The summed E-state index contributed by atoms with van der Waals surface area (Å²) < 4.78 is 1.12. The molecule has 0 aliphatic carbocycles. The van der Waals surface area contributed by atoms with Crippen LogP contribution in [0.5, 0.6) is 0 Å². The third kappa shape index (κ3) is 1.89. The molecule has 2 aromatic rings. The average Bonchev–Trinajstić information content (AvgIpc) is 2.34. The number of anilines is 1. The molecule has 0 saturated heterocycles. The van der Waals surface area contributed by atoms with Gasteiger partial charge in [0.2, 0.25) is 0 Å². The highest BCUT2D eigenvalue weighted by Gasteiger charge is 2.15. The third-order valence-corrected chi connectivity index (χ3v) is 4.65. The van der Waals surface area contributed by atoms with Crippen LogP contribution in [0.2, 0.25) is 0 Å². The van der Waals surface area contributed by atoms with Crippen LogP contribution in [0.4, 0.5) is 5.69 Å². The van der Waals surface area contributed by atoms with E-state index in [1.807, 2.05) is 6.92 Å². The standard InChI is InChI=1S/C14H18BrN3/c1-5-10-9(4)17-11-6-7(2)13(15)8(3)12(11)14(10)18-16/h6H,5,16H2,1-4H3,(H,17,18). The SMILES string of the molecule is CCc1c(C)nc2cc(C)c(Br)c(C)c2c1NN. The number of fused-ring (bicyclic) bond motifs is 1. The molecule has 0 aliphatic rings. The number of hydrogen-bond acceptors (Lipinski definition) is 3. The number of nitrogens with one attached hydrogen (secondary N) is 1. The highest BCUT2D eigenvalue weighted by molar-refractivity contribution is 9.10. The maximum absolute atomic E-state index is 5.73. The van der Waals surface area contributed by atoms with E-state index in [-0.39, 0.29) is 0 Å². The number of nitrogens with two attached hydrogens (primary N) is 1. The molecular formula is C14H18BrN3. The van der Waals surface area contributed by atoms with Crippen LogP contribution in [0, 0.1) is 20.8 Å². The van der Waals surface area contributed by atoms with Gasteiger partial charge in [0.15, 0.2) is 0 Å². The molecule has 0 unspecified atom stereocenters.